The lowest BCUT2D eigenvalue weighted by atomic mass is 10.1. The van der Waals surface area contributed by atoms with Gasteiger partial charge in [0, 0.05) is 16.9 Å². The summed E-state index contributed by atoms with van der Waals surface area (Å²) in [5.41, 5.74) is 6.41. The Kier molecular flexibility index (Phi) is 7.78. The van der Waals surface area contributed by atoms with Crippen LogP contribution in [0.1, 0.15) is 37.4 Å². The Balaban J connectivity index is 1.42. The van der Waals surface area contributed by atoms with Gasteiger partial charge in [0.15, 0.2) is 5.78 Å². The number of carbonyl (C=O) groups is 2. The summed E-state index contributed by atoms with van der Waals surface area (Å²) in [6.07, 6.45) is 3.08. The smallest absolute Gasteiger partial charge is 0.257 e. The fourth-order valence-electron chi connectivity index (χ4n) is 3.72. The van der Waals surface area contributed by atoms with E-state index >= 15 is 0 Å². The molecule has 0 saturated heterocycles. The number of nitrogens with zero attached hydrogens (tertiary/aromatic N) is 1. The molecule has 1 amide bonds. The minimum atomic E-state index is -0.264. The molecular weight excluding hydrogens is 466 g/mol. The van der Waals surface area contributed by atoms with Gasteiger partial charge < -0.3 is 10.6 Å². The predicted octanol–water partition coefficient (Wildman–Crippen LogP) is 6.78. The number of hydrogen-bond donors (Lipinski definition) is 4. The van der Waals surface area contributed by atoms with E-state index in [0.717, 1.165) is 22.4 Å². The molecule has 0 fully saturated rings. The van der Waals surface area contributed by atoms with E-state index in [9.17, 15) is 9.59 Å². The Morgan fingerprint density at radius 2 is 1.46 bits per heavy atom. The van der Waals surface area contributed by atoms with Crippen molar-refractivity contribution in [2.24, 2.45) is 0 Å². The van der Waals surface area contributed by atoms with E-state index in [0.29, 0.717) is 22.5 Å². The van der Waals surface area contributed by atoms with Gasteiger partial charge in [-0.25, -0.2) is 0 Å². The molecule has 0 heterocycles. The van der Waals surface area contributed by atoms with Crippen LogP contribution in [0.2, 0.25) is 0 Å². The molecule has 7 nitrogen and oxygen atoms in total. The summed E-state index contributed by atoms with van der Waals surface area (Å²) in [5.74, 6) is -0.462. The lowest BCUT2D eigenvalue weighted by Crippen LogP contribution is -2.14. The van der Waals surface area contributed by atoms with Gasteiger partial charge in [-0.1, -0.05) is 42.5 Å². The summed E-state index contributed by atoms with van der Waals surface area (Å²) in [6, 6.07) is 26.3. The van der Waals surface area contributed by atoms with Gasteiger partial charge in [0.1, 0.15) is 0 Å². The minimum absolute atomic E-state index is 0.0269. The average Bonchev–Trinajstić information content (AvgIpc) is 2.91. The molecule has 4 aromatic rings. The number of allylic oxidation sites excluding steroid dienone is 1. The van der Waals surface area contributed by atoms with Crippen molar-refractivity contribution in [3.05, 3.63) is 125 Å². The lowest BCUT2D eigenvalue weighted by Gasteiger charge is -2.15. The van der Waals surface area contributed by atoms with Gasteiger partial charge in [-0.15, -0.1) is 5.23 Å². The number of benzene rings is 4. The molecule has 4 aromatic carbocycles. The highest BCUT2D eigenvalue weighted by Gasteiger charge is 2.13. The van der Waals surface area contributed by atoms with Crippen LogP contribution in [0.5, 0.6) is 0 Å². The van der Waals surface area contributed by atoms with E-state index < -0.39 is 0 Å². The number of aryl methyl sites for hydroxylation is 1. The maximum absolute atomic E-state index is 13.1. The molecule has 186 valence electrons. The van der Waals surface area contributed by atoms with E-state index in [4.69, 9.17) is 10.4 Å². The van der Waals surface area contributed by atoms with Crippen LogP contribution in [-0.2, 0) is 0 Å². The van der Waals surface area contributed by atoms with Gasteiger partial charge in [-0.2, -0.15) is 0 Å². The maximum Gasteiger partial charge on any atom is 0.257 e. The van der Waals surface area contributed by atoms with E-state index in [1.54, 1.807) is 48.5 Å². The van der Waals surface area contributed by atoms with Crippen LogP contribution in [0, 0.1) is 13.8 Å². The monoisotopic (exact) mass is 493 g/mol. The van der Waals surface area contributed by atoms with Gasteiger partial charge in [0.05, 0.1) is 16.9 Å². The molecule has 0 saturated carbocycles. The molecule has 4 N–H and O–H groups in total. The molecule has 37 heavy (non-hydrogen) atoms. The molecule has 0 aliphatic carbocycles. The van der Waals surface area contributed by atoms with Gasteiger partial charge in [-0.05, 0) is 91.2 Å². The van der Waals surface area contributed by atoms with E-state index in [1.807, 2.05) is 50.2 Å². The summed E-state index contributed by atoms with van der Waals surface area (Å²) >= 11 is 0. The molecule has 7 heteroatoms. The van der Waals surface area contributed by atoms with Crippen LogP contribution in [-0.4, -0.2) is 22.1 Å². The summed E-state index contributed by atoms with van der Waals surface area (Å²) in [4.78, 5) is 25.6. The van der Waals surface area contributed by atoms with E-state index in [-0.39, 0.29) is 22.6 Å². The fraction of sp³-hybridized carbons (Fsp3) is 0.0667. The topological polar surface area (TPSA) is 102 Å². The highest BCUT2D eigenvalue weighted by atomic mass is 16.8. The number of nitrogens with one attached hydrogen (secondary N) is 2. The molecular formula is C30H27N3O4. The number of anilines is 4. The number of hydrogen-bond acceptors (Lipinski definition) is 6. The van der Waals surface area contributed by atoms with Crippen LogP contribution < -0.4 is 15.9 Å². The molecule has 0 aliphatic heterocycles. The third kappa shape index (κ3) is 6.29. The second kappa shape index (κ2) is 11.3. The summed E-state index contributed by atoms with van der Waals surface area (Å²) in [6.45, 7) is 4.08. The van der Waals surface area contributed by atoms with E-state index in [1.165, 1.54) is 18.2 Å². The van der Waals surface area contributed by atoms with Crippen molar-refractivity contribution in [3.8, 4) is 0 Å². The number of carbonyl (C=O) groups excluding carboxylic acids is 2. The van der Waals surface area contributed by atoms with Crippen molar-refractivity contribution in [1.29, 1.82) is 0 Å². The maximum atomic E-state index is 13.1. The first-order valence-electron chi connectivity index (χ1n) is 11.7. The third-order valence-electron chi connectivity index (χ3n) is 6.02. The van der Waals surface area contributed by atoms with E-state index in [2.05, 4.69) is 10.6 Å². The van der Waals surface area contributed by atoms with Crippen molar-refractivity contribution in [2.75, 3.05) is 15.9 Å². The lowest BCUT2D eigenvalue weighted by molar-refractivity contribution is 0.0291. The standard InChI is InChI=1S/C30H27N3O4/c1-20-6-5-9-27(21(20)2)32-28-8-4-3-7-26(28)30(35)31-24-15-13-23(14-16-24)29(34)19-12-22-10-17-25(18-11-22)33(36)37/h3-19,32,36-37H,1-2H3,(H,31,35)/b19-12+. The Hall–Kier alpha value is -4.72. The molecule has 0 atom stereocenters. The van der Waals surface area contributed by atoms with Gasteiger partial charge in [0.2, 0.25) is 0 Å². The molecule has 0 aliphatic rings. The summed E-state index contributed by atoms with van der Waals surface area (Å²) < 4.78 is 0. The quantitative estimate of drug-likeness (QED) is 0.123. The molecule has 0 radical (unpaired) electrons. The Labute approximate surface area is 215 Å². The normalized spacial score (nSPS) is 10.8. The molecule has 0 aromatic heterocycles. The second-order valence-corrected chi connectivity index (χ2v) is 8.53. The molecule has 0 spiro atoms. The largest absolute Gasteiger partial charge is 0.355 e. The highest BCUT2D eigenvalue weighted by molar-refractivity contribution is 6.09. The minimum Gasteiger partial charge on any atom is -0.355 e. The summed E-state index contributed by atoms with van der Waals surface area (Å²) in [7, 11) is 0. The SMILES string of the molecule is Cc1cccc(Nc2ccccc2C(=O)Nc2ccc(C(=O)/C=C/c3ccc(N(O)O)cc3)cc2)c1C. The third-order valence-corrected chi connectivity index (χ3v) is 6.02. The zero-order valence-electron chi connectivity index (χ0n) is 20.5. The molecule has 4 rings (SSSR count). The fourth-order valence-corrected chi connectivity index (χ4v) is 3.72. The van der Waals surface area contributed by atoms with Crippen molar-refractivity contribution >= 4 is 40.5 Å². The van der Waals surface area contributed by atoms with Gasteiger partial charge >= 0.3 is 0 Å². The zero-order valence-corrected chi connectivity index (χ0v) is 20.5. The van der Waals surface area contributed by atoms with Crippen molar-refractivity contribution < 1.29 is 20.0 Å². The summed E-state index contributed by atoms with van der Waals surface area (Å²) in [5, 5.41) is 24.3. The molecule has 0 unspecified atom stereocenters. The number of rotatable bonds is 8. The van der Waals surface area contributed by atoms with Gasteiger partial charge in [-0.3, -0.25) is 20.0 Å². The first-order valence-corrected chi connectivity index (χ1v) is 11.7. The molecule has 0 bridgehead atoms. The number of amides is 1. The second-order valence-electron chi connectivity index (χ2n) is 8.53. The van der Waals surface area contributed by atoms with Crippen LogP contribution >= 0.6 is 0 Å². The number of ketones is 1. The van der Waals surface area contributed by atoms with Crippen molar-refractivity contribution in [1.82, 2.24) is 0 Å². The van der Waals surface area contributed by atoms with Gasteiger partial charge in [0.25, 0.3) is 5.91 Å². The van der Waals surface area contributed by atoms with Crippen LogP contribution in [0.3, 0.4) is 0 Å². The first kappa shape index (κ1) is 25.4. The van der Waals surface area contributed by atoms with Crippen molar-refractivity contribution in [2.45, 2.75) is 13.8 Å². The van der Waals surface area contributed by atoms with Crippen LogP contribution in [0.15, 0.2) is 97.1 Å². The van der Waals surface area contributed by atoms with Crippen molar-refractivity contribution in [3.63, 3.8) is 0 Å². The first-order chi connectivity index (χ1) is 17.8. The predicted molar refractivity (Wildman–Crippen MR) is 146 cm³/mol. The van der Waals surface area contributed by atoms with Crippen LogP contribution in [0.4, 0.5) is 22.7 Å². The van der Waals surface area contributed by atoms with Crippen LogP contribution in [0.25, 0.3) is 6.08 Å². The highest BCUT2D eigenvalue weighted by Crippen LogP contribution is 2.26. The zero-order chi connectivity index (χ0) is 26.4. The Morgan fingerprint density at radius 1 is 0.784 bits per heavy atom. The Bertz CT molecular complexity index is 1440. The Morgan fingerprint density at radius 3 is 2.16 bits per heavy atom. The average molecular weight is 494 g/mol. The number of para-hydroxylation sites is 1.